The molecule has 1 aromatic rings. The Hall–Kier alpha value is -1.11. The maximum absolute atomic E-state index is 12.3. The van der Waals surface area contributed by atoms with Crippen molar-refractivity contribution in [3.63, 3.8) is 0 Å². The summed E-state index contributed by atoms with van der Waals surface area (Å²) in [5.41, 5.74) is -0.121. The molecule has 0 amide bonds. The van der Waals surface area contributed by atoms with Crippen LogP contribution in [0.4, 0.5) is 17.1 Å². The molecule has 0 N–H and O–H groups in total. The van der Waals surface area contributed by atoms with Gasteiger partial charge in [0.25, 0.3) is 0 Å². The third kappa shape index (κ3) is 4.33. The normalized spacial score (nSPS) is 12.8. The molecule has 0 fully saturated rings. The molecule has 96 valence electrons. The lowest BCUT2D eigenvalue weighted by molar-refractivity contribution is -0.137. The van der Waals surface area contributed by atoms with Crippen molar-refractivity contribution in [3.05, 3.63) is 34.9 Å². The van der Waals surface area contributed by atoms with Crippen molar-refractivity contribution in [2.45, 2.75) is 19.5 Å². The Morgan fingerprint density at radius 2 is 1.82 bits per heavy atom. The van der Waals surface area contributed by atoms with E-state index in [-0.39, 0.29) is 6.42 Å². The molecular formula is C10H10F4O2S. The highest BCUT2D eigenvalue weighted by molar-refractivity contribution is 7.86. The molecule has 0 aliphatic rings. The number of rotatable bonds is 3. The molecular weight excluding hydrogens is 260 g/mol. The summed E-state index contributed by atoms with van der Waals surface area (Å²) in [4.78, 5) is 0. The Morgan fingerprint density at radius 3 is 2.24 bits per heavy atom. The average Bonchev–Trinajstić information content (AvgIpc) is 2.12. The van der Waals surface area contributed by atoms with Crippen LogP contribution in [-0.4, -0.2) is 14.2 Å². The minimum atomic E-state index is -4.60. The van der Waals surface area contributed by atoms with E-state index in [2.05, 4.69) is 0 Å². The Morgan fingerprint density at radius 1 is 1.24 bits per heavy atom. The number of aryl methyl sites for hydroxylation is 2. The van der Waals surface area contributed by atoms with Crippen LogP contribution in [0.5, 0.6) is 0 Å². The van der Waals surface area contributed by atoms with E-state index in [0.717, 1.165) is 12.1 Å². The minimum Gasteiger partial charge on any atom is -0.195 e. The van der Waals surface area contributed by atoms with Gasteiger partial charge in [0.2, 0.25) is 0 Å². The van der Waals surface area contributed by atoms with Crippen molar-refractivity contribution < 1.29 is 25.5 Å². The van der Waals surface area contributed by atoms with Crippen molar-refractivity contribution in [1.82, 2.24) is 0 Å². The van der Waals surface area contributed by atoms with Crippen LogP contribution in [0.15, 0.2) is 18.2 Å². The Kier molecular flexibility index (Phi) is 3.81. The molecule has 0 radical (unpaired) electrons. The molecule has 1 rings (SSSR count). The van der Waals surface area contributed by atoms with Crippen LogP contribution in [0.3, 0.4) is 0 Å². The maximum atomic E-state index is 12.3. The molecule has 2 nitrogen and oxygen atoms in total. The molecule has 0 spiro atoms. The molecule has 0 saturated heterocycles. The van der Waals surface area contributed by atoms with Gasteiger partial charge in [-0.2, -0.15) is 21.6 Å². The summed E-state index contributed by atoms with van der Waals surface area (Å²) >= 11 is 0. The van der Waals surface area contributed by atoms with E-state index in [9.17, 15) is 25.5 Å². The standard InChI is InChI=1S/C10H10F4O2S/c1-7-6-9(10(11,12)13)3-2-8(7)4-5-17(14,15)16/h2-3,6H,4-5H2,1H3. The van der Waals surface area contributed by atoms with Gasteiger partial charge < -0.3 is 0 Å². The van der Waals surface area contributed by atoms with E-state index < -0.39 is 27.7 Å². The fourth-order valence-electron chi connectivity index (χ4n) is 1.38. The van der Waals surface area contributed by atoms with E-state index in [1.165, 1.54) is 13.0 Å². The summed E-state index contributed by atoms with van der Waals surface area (Å²) in [6.07, 6.45) is -4.57. The van der Waals surface area contributed by atoms with Crippen LogP contribution < -0.4 is 0 Å². The summed E-state index contributed by atoms with van der Waals surface area (Å²) in [5, 5.41) is 0. The van der Waals surface area contributed by atoms with Gasteiger partial charge in [-0.25, -0.2) is 0 Å². The zero-order valence-corrected chi connectivity index (χ0v) is 9.70. The van der Waals surface area contributed by atoms with Gasteiger partial charge in [0.15, 0.2) is 0 Å². The van der Waals surface area contributed by atoms with Crippen molar-refractivity contribution in [2.75, 3.05) is 5.75 Å². The Labute approximate surface area is 96.5 Å². The fourth-order valence-corrected chi connectivity index (χ4v) is 1.85. The van der Waals surface area contributed by atoms with E-state index in [0.29, 0.717) is 11.1 Å². The molecule has 1 aromatic carbocycles. The van der Waals surface area contributed by atoms with Crippen LogP contribution in [0.25, 0.3) is 0 Å². The SMILES string of the molecule is Cc1cc(C(F)(F)F)ccc1CCS(=O)(=O)F. The summed E-state index contributed by atoms with van der Waals surface area (Å²) in [7, 11) is -4.60. The summed E-state index contributed by atoms with van der Waals surface area (Å²) in [6, 6.07) is 2.94. The summed E-state index contributed by atoms with van der Waals surface area (Å²) in [6.45, 7) is 1.43. The van der Waals surface area contributed by atoms with Gasteiger partial charge in [-0.3, -0.25) is 0 Å². The second kappa shape index (κ2) is 4.64. The van der Waals surface area contributed by atoms with Gasteiger partial charge >= 0.3 is 16.4 Å². The maximum Gasteiger partial charge on any atom is 0.416 e. The highest BCUT2D eigenvalue weighted by Crippen LogP contribution is 2.30. The molecule has 7 heteroatoms. The minimum absolute atomic E-state index is 0.136. The highest BCUT2D eigenvalue weighted by Gasteiger charge is 2.30. The second-order valence-corrected chi connectivity index (χ2v) is 5.12. The van der Waals surface area contributed by atoms with Crippen LogP contribution in [0, 0.1) is 6.92 Å². The summed E-state index contributed by atoms with van der Waals surface area (Å²) < 4.78 is 69.8. The van der Waals surface area contributed by atoms with Gasteiger partial charge in [-0.15, -0.1) is 3.89 Å². The monoisotopic (exact) mass is 270 g/mol. The molecule has 0 bridgehead atoms. The Bertz CT molecular complexity index is 506. The third-order valence-corrected chi connectivity index (χ3v) is 2.98. The number of hydrogen-bond donors (Lipinski definition) is 0. The van der Waals surface area contributed by atoms with Crippen LogP contribution in [-0.2, 0) is 22.8 Å². The van der Waals surface area contributed by atoms with Crippen LogP contribution >= 0.6 is 0 Å². The first-order valence-corrected chi connectivity index (χ1v) is 6.24. The molecule has 0 unspecified atom stereocenters. The largest absolute Gasteiger partial charge is 0.416 e. The van der Waals surface area contributed by atoms with Gasteiger partial charge in [-0.1, -0.05) is 6.07 Å². The highest BCUT2D eigenvalue weighted by atomic mass is 32.3. The van der Waals surface area contributed by atoms with E-state index >= 15 is 0 Å². The first-order chi connectivity index (χ1) is 7.59. The molecule has 0 heterocycles. The second-order valence-electron chi connectivity index (χ2n) is 3.63. The lowest BCUT2D eigenvalue weighted by atomic mass is 10.0. The van der Waals surface area contributed by atoms with Crippen molar-refractivity contribution >= 4 is 10.2 Å². The van der Waals surface area contributed by atoms with E-state index in [4.69, 9.17) is 0 Å². The van der Waals surface area contributed by atoms with Crippen molar-refractivity contribution in [1.29, 1.82) is 0 Å². The smallest absolute Gasteiger partial charge is 0.195 e. The van der Waals surface area contributed by atoms with Crippen LogP contribution in [0.1, 0.15) is 16.7 Å². The molecule has 0 aromatic heterocycles. The molecule has 0 aliphatic heterocycles. The zero-order valence-electron chi connectivity index (χ0n) is 8.88. The molecule has 17 heavy (non-hydrogen) atoms. The topological polar surface area (TPSA) is 34.1 Å². The van der Waals surface area contributed by atoms with Gasteiger partial charge in [0.1, 0.15) is 0 Å². The summed E-state index contributed by atoms with van der Waals surface area (Å²) in [5.74, 6) is -0.723. The Balaban J connectivity index is 2.91. The van der Waals surface area contributed by atoms with Gasteiger partial charge in [0, 0.05) is 0 Å². The predicted molar refractivity (Wildman–Crippen MR) is 54.8 cm³/mol. The number of alkyl halides is 3. The first-order valence-electron chi connectivity index (χ1n) is 4.68. The van der Waals surface area contributed by atoms with E-state index in [1.807, 2.05) is 0 Å². The number of halogens is 4. The van der Waals surface area contributed by atoms with Gasteiger partial charge in [-0.05, 0) is 36.6 Å². The molecule has 0 atom stereocenters. The lowest BCUT2D eigenvalue weighted by Crippen LogP contribution is -2.07. The van der Waals surface area contributed by atoms with Crippen LogP contribution in [0.2, 0.25) is 0 Å². The van der Waals surface area contributed by atoms with Crippen molar-refractivity contribution in [2.24, 2.45) is 0 Å². The average molecular weight is 270 g/mol. The fraction of sp³-hybridized carbons (Fsp3) is 0.400. The van der Waals surface area contributed by atoms with Gasteiger partial charge in [0.05, 0.1) is 11.3 Å². The predicted octanol–water partition coefficient (Wildman–Crippen LogP) is 2.86. The quantitative estimate of drug-likeness (QED) is 0.625. The van der Waals surface area contributed by atoms with Crippen molar-refractivity contribution in [3.8, 4) is 0 Å². The molecule has 0 saturated carbocycles. The van der Waals surface area contributed by atoms with E-state index in [1.54, 1.807) is 0 Å². The lowest BCUT2D eigenvalue weighted by Gasteiger charge is -2.10. The number of benzene rings is 1. The zero-order chi connectivity index (χ0) is 13.3. The number of hydrogen-bond acceptors (Lipinski definition) is 2. The molecule has 0 aliphatic carbocycles. The first kappa shape index (κ1) is 14.0. The third-order valence-electron chi connectivity index (χ3n) is 2.29.